The number of nitrogens with zero attached hydrogens (tertiary/aromatic N) is 2. The van der Waals surface area contributed by atoms with Crippen molar-refractivity contribution in [2.75, 3.05) is 14.1 Å². The Labute approximate surface area is 259 Å². The second-order valence-corrected chi connectivity index (χ2v) is 17.9. The third-order valence-electron chi connectivity index (χ3n) is 9.03. The third kappa shape index (κ3) is 5.57. The topological polar surface area (TPSA) is 108 Å². The highest BCUT2D eigenvalue weighted by atomic mass is 28.4. The first-order chi connectivity index (χ1) is 20.8. The molecule has 0 saturated heterocycles. The third-order valence-corrected chi connectivity index (χ3v) is 13.5. The van der Waals surface area contributed by atoms with Gasteiger partial charge < -0.3 is 18.4 Å². The lowest BCUT2D eigenvalue weighted by Gasteiger charge is -2.53. The van der Waals surface area contributed by atoms with Crippen molar-refractivity contribution in [3.05, 3.63) is 95.3 Å². The Kier molecular flexibility index (Phi) is 8.54. The molecule has 0 radical (unpaired) electrons. The van der Waals surface area contributed by atoms with E-state index in [0.29, 0.717) is 0 Å². The first kappa shape index (κ1) is 31.6. The van der Waals surface area contributed by atoms with E-state index in [-0.39, 0.29) is 35.5 Å². The maximum Gasteiger partial charge on any atom is 0.313 e. The van der Waals surface area contributed by atoms with Gasteiger partial charge in [0, 0.05) is 5.92 Å². The second kappa shape index (κ2) is 11.9. The molecule has 0 spiro atoms. The smallest absolute Gasteiger partial charge is 0.313 e. The summed E-state index contributed by atoms with van der Waals surface area (Å²) in [5, 5.41) is 3.81. The van der Waals surface area contributed by atoms with E-state index in [0.717, 1.165) is 11.1 Å². The van der Waals surface area contributed by atoms with Crippen molar-refractivity contribution in [2.24, 2.45) is 11.8 Å². The summed E-state index contributed by atoms with van der Waals surface area (Å²) in [7, 11) is 0.797. The zero-order valence-corrected chi connectivity index (χ0v) is 27.3. The fourth-order valence-corrected chi connectivity index (χ4v) is 7.17. The van der Waals surface area contributed by atoms with Gasteiger partial charge >= 0.3 is 5.97 Å². The fraction of sp³-hybridized carbons (Fsp3) is 0.412. The highest BCUT2D eigenvalue weighted by molar-refractivity contribution is 6.74. The molecule has 2 aliphatic carbocycles. The van der Waals surface area contributed by atoms with Crippen LogP contribution in [-0.4, -0.2) is 55.6 Å². The number of aromatic nitrogens is 1. The van der Waals surface area contributed by atoms with Gasteiger partial charge in [0.25, 0.3) is 5.88 Å². The van der Waals surface area contributed by atoms with Crippen LogP contribution in [0.4, 0.5) is 0 Å². The number of hydrogen-bond acceptors (Lipinski definition) is 9. The summed E-state index contributed by atoms with van der Waals surface area (Å²) in [6.45, 7) is 10.3. The quantitative estimate of drug-likeness (QED) is 0.164. The van der Waals surface area contributed by atoms with Crippen LogP contribution in [0.3, 0.4) is 0 Å². The molecule has 44 heavy (non-hydrogen) atoms. The Morgan fingerprint density at radius 3 is 2.14 bits per heavy atom. The number of Topliss-reactive ketones (excluding diaryl/α,β-unsaturated/α-hetero) is 1. The van der Waals surface area contributed by atoms with E-state index < -0.39 is 49.3 Å². The predicted octanol–water partition coefficient (Wildman–Crippen LogP) is 5.93. The Hall–Kier alpha value is -3.86. The van der Waals surface area contributed by atoms with Crippen LogP contribution in [0.1, 0.15) is 54.1 Å². The van der Waals surface area contributed by atoms with Crippen molar-refractivity contribution in [2.45, 2.75) is 63.8 Å². The van der Waals surface area contributed by atoms with Crippen molar-refractivity contribution < 1.29 is 32.8 Å². The molecule has 0 amide bonds. The molecule has 10 heteroatoms. The van der Waals surface area contributed by atoms with Crippen LogP contribution in [0.2, 0.25) is 18.1 Å². The molecule has 3 aromatic rings. The van der Waals surface area contributed by atoms with Gasteiger partial charge in [-0.1, -0.05) is 87.5 Å². The van der Waals surface area contributed by atoms with Crippen LogP contribution in [0.5, 0.6) is 5.88 Å². The molecular formula is C34H40N2O7Si. The normalized spacial score (nSPS) is 23.3. The van der Waals surface area contributed by atoms with E-state index in [1.165, 1.54) is 12.2 Å². The summed E-state index contributed by atoms with van der Waals surface area (Å²) in [6.07, 6.45) is 2.83. The van der Waals surface area contributed by atoms with Crippen LogP contribution in [0.25, 0.3) is 0 Å². The maximum absolute atomic E-state index is 14.9. The van der Waals surface area contributed by atoms with Crippen LogP contribution in [-0.2, 0) is 32.0 Å². The molecule has 1 aromatic heterocycles. The number of benzene rings is 2. The largest absolute Gasteiger partial charge is 0.470 e. The van der Waals surface area contributed by atoms with Gasteiger partial charge in [-0.2, -0.15) is 0 Å². The number of fused-ring (bicyclic) bond motifs is 2. The van der Waals surface area contributed by atoms with Gasteiger partial charge in [-0.3, -0.25) is 19.3 Å². The first-order valence-corrected chi connectivity index (χ1v) is 17.7. The van der Waals surface area contributed by atoms with Gasteiger partial charge in [-0.15, -0.1) is 0 Å². The number of carbonyl (C=O) groups excluding carboxylic acids is 3. The monoisotopic (exact) mass is 616 g/mol. The number of carbonyl (C=O) groups is 3. The van der Waals surface area contributed by atoms with E-state index in [2.05, 4.69) is 5.16 Å². The van der Waals surface area contributed by atoms with Crippen molar-refractivity contribution in [1.82, 2.24) is 10.1 Å². The molecule has 0 fully saturated rings. The number of ether oxygens (including phenoxy) is 2. The second-order valence-electron chi connectivity index (χ2n) is 13.2. The summed E-state index contributed by atoms with van der Waals surface area (Å²) in [4.78, 5) is 44.8. The minimum Gasteiger partial charge on any atom is -0.470 e. The van der Waals surface area contributed by atoms with Crippen molar-refractivity contribution >= 4 is 25.9 Å². The standard InChI is InChI=1S/C34H40N2O7Si/c1-33(2,3)44(6,7)43-34-25(37)19-18-24(32(39)41-21-23-16-12-9-13-17-23)27(34)28(36(4)5)29-26(30(34)38)31(35-42-29)40-20-22-14-10-8-11-15-22/h8-19,24,27-28H,20-21H2,1-7H3/t24-,27-,28-,34+/m0/s1. The molecule has 5 rings (SSSR count). The maximum atomic E-state index is 14.9. The SMILES string of the molecule is CN(C)[C@@H]1c2onc(OCc3ccccc3)c2C(=O)[C@@]2(O[Si](C)(C)C(C)(C)C)C(=O)C=C[C@H](C(=O)OCc3ccccc3)[C@@H]12. The van der Waals surface area contributed by atoms with E-state index in [9.17, 15) is 14.4 Å². The molecule has 0 aliphatic heterocycles. The van der Waals surface area contributed by atoms with Gasteiger partial charge in [0.1, 0.15) is 18.8 Å². The van der Waals surface area contributed by atoms with Crippen LogP contribution >= 0.6 is 0 Å². The van der Waals surface area contributed by atoms with Gasteiger partial charge in [0.05, 0.1) is 12.0 Å². The van der Waals surface area contributed by atoms with E-state index in [4.69, 9.17) is 18.4 Å². The molecular weight excluding hydrogens is 576 g/mol. The van der Waals surface area contributed by atoms with Crippen molar-refractivity contribution in [1.29, 1.82) is 0 Å². The van der Waals surface area contributed by atoms with Gasteiger partial charge in [0.15, 0.2) is 25.5 Å². The summed E-state index contributed by atoms with van der Waals surface area (Å²) < 4.78 is 24.6. The van der Waals surface area contributed by atoms with Crippen LogP contribution < -0.4 is 4.74 Å². The molecule has 0 unspecified atom stereocenters. The average molecular weight is 617 g/mol. The molecule has 2 aromatic carbocycles. The number of hydrogen-bond donors (Lipinski definition) is 0. The average Bonchev–Trinajstić information content (AvgIpc) is 3.40. The Morgan fingerprint density at radius 1 is 0.977 bits per heavy atom. The number of ketones is 2. The Balaban J connectivity index is 1.63. The Bertz CT molecular complexity index is 1560. The summed E-state index contributed by atoms with van der Waals surface area (Å²) in [5.41, 5.74) is -0.261. The molecule has 9 nitrogen and oxygen atoms in total. The highest BCUT2D eigenvalue weighted by Gasteiger charge is 2.68. The molecule has 2 aliphatic rings. The predicted molar refractivity (Wildman–Crippen MR) is 166 cm³/mol. The van der Waals surface area contributed by atoms with Crippen LogP contribution in [0, 0.1) is 11.8 Å². The summed E-state index contributed by atoms with van der Waals surface area (Å²) >= 11 is 0. The summed E-state index contributed by atoms with van der Waals surface area (Å²) in [6, 6.07) is 18.1. The van der Waals surface area contributed by atoms with Gasteiger partial charge in [0.2, 0.25) is 5.78 Å². The molecule has 232 valence electrons. The lowest BCUT2D eigenvalue weighted by atomic mass is 9.61. The van der Waals surface area contributed by atoms with E-state index in [1.54, 1.807) is 0 Å². The minimum absolute atomic E-state index is 0.0112. The minimum atomic E-state index is -2.82. The molecule has 1 heterocycles. The Morgan fingerprint density at radius 2 is 1.57 bits per heavy atom. The number of rotatable bonds is 9. The van der Waals surface area contributed by atoms with E-state index >= 15 is 0 Å². The molecule has 0 N–H and O–H groups in total. The van der Waals surface area contributed by atoms with Crippen molar-refractivity contribution in [3.8, 4) is 5.88 Å². The van der Waals surface area contributed by atoms with Crippen molar-refractivity contribution in [3.63, 3.8) is 0 Å². The zero-order valence-electron chi connectivity index (χ0n) is 26.3. The lowest BCUT2D eigenvalue weighted by molar-refractivity contribution is -0.158. The van der Waals surface area contributed by atoms with Gasteiger partial charge in [-0.05, 0) is 54.6 Å². The number of esters is 1. The van der Waals surface area contributed by atoms with Crippen LogP contribution in [0.15, 0.2) is 77.3 Å². The molecule has 4 atom stereocenters. The summed E-state index contributed by atoms with van der Waals surface area (Å²) in [5.74, 6) is -3.44. The lowest BCUT2D eigenvalue weighted by Crippen LogP contribution is -2.68. The highest BCUT2D eigenvalue weighted by Crippen LogP contribution is 2.55. The molecule has 0 bridgehead atoms. The molecule has 0 saturated carbocycles. The van der Waals surface area contributed by atoms with E-state index in [1.807, 2.05) is 114 Å². The fourth-order valence-electron chi connectivity index (χ4n) is 5.73. The zero-order chi connectivity index (χ0) is 31.9. The van der Waals surface area contributed by atoms with Gasteiger partial charge in [-0.25, -0.2) is 0 Å². The first-order valence-electron chi connectivity index (χ1n) is 14.8.